The normalized spacial score (nSPS) is 9.87. The lowest BCUT2D eigenvalue weighted by Crippen LogP contribution is -2.26. The first-order valence-electron chi connectivity index (χ1n) is 4.12. The van der Waals surface area contributed by atoms with Crippen LogP contribution in [0.1, 0.15) is 10.4 Å². The van der Waals surface area contributed by atoms with E-state index in [-0.39, 0.29) is 17.2 Å². The Hall–Kier alpha value is -1.30. The molecule has 0 saturated carbocycles. The van der Waals surface area contributed by atoms with Crippen LogP contribution in [0.3, 0.4) is 0 Å². The van der Waals surface area contributed by atoms with E-state index in [0.29, 0.717) is 5.02 Å². The molecule has 0 aromatic heterocycles. The van der Waals surface area contributed by atoms with E-state index < -0.39 is 0 Å². The average molecular weight is 231 g/mol. The number of anilines is 1. The quantitative estimate of drug-likeness (QED) is 0.777. The Morgan fingerprint density at radius 3 is 2.80 bits per heavy atom. The second-order valence-electron chi connectivity index (χ2n) is 2.79. The SMILES string of the molecule is CON(C)C(=O)c1ccc(Cl)cc1NO. The summed E-state index contributed by atoms with van der Waals surface area (Å²) in [6.45, 7) is 0. The zero-order valence-corrected chi connectivity index (χ0v) is 9.08. The zero-order valence-electron chi connectivity index (χ0n) is 8.32. The van der Waals surface area contributed by atoms with Gasteiger partial charge >= 0.3 is 0 Å². The number of nitrogens with one attached hydrogen (secondary N) is 1. The van der Waals surface area contributed by atoms with Crippen LogP contribution < -0.4 is 5.48 Å². The van der Waals surface area contributed by atoms with Crippen LogP contribution in [0.25, 0.3) is 0 Å². The van der Waals surface area contributed by atoms with Gasteiger partial charge in [-0.25, -0.2) is 5.06 Å². The number of hydroxylamine groups is 2. The van der Waals surface area contributed by atoms with Crippen LogP contribution >= 0.6 is 11.6 Å². The van der Waals surface area contributed by atoms with Crippen LogP contribution in [0.2, 0.25) is 5.02 Å². The molecule has 6 heteroatoms. The molecular weight excluding hydrogens is 220 g/mol. The summed E-state index contributed by atoms with van der Waals surface area (Å²) < 4.78 is 0. The smallest absolute Gasteiger partial charge is 0.279 e. The van der Waals surface area contributed by atoms with Crippen molar-refractivity contribution in [3.05, 3.63) is 28.8 Å². The van der Waals surface area contributed by atoms with Gasteiger partial charge in [0, 0.05) is 12.1 Å². The third kappa shape index (κ3) is 2.59. The van der Waals surface area contributed by atoms with Crippen LogP contribution in [0.15, 0.2) is 18.2 Å². The van der Waals surface area contributed by atoms with Crippen LogP contribution in [0, 0.1) is 0 Å². The highest BCUT2D eigenvalue weighted by Gasteiger charge is 2.15. The number of halogens is 1. The van der Waals surface area contributed by atoms with E-state index in [0.717, 1.165) is 5.06 Å². The Labute approximate surface area is 92.1 Å². The number of carbonyl (C=O) groups excluding carboxylic acids is 1. The molecule has 5 nitrogen and oxygen atoms in total. The largest absolute Gasteiger partial charge is 0.291 e. The Morgan fingerprint density at radius 1 is 1.60 bits per heavy atom. The van der Waals surface area contributed by atoms with Crippen molar-refractivity contribution in [3.63, 3.8) is 0 Å². The number of hydrogen-bond donors (Lipinski definition) is 2. The first kappa shape index (κ1) is 11.8. The summed E-state index contributed by atoms with van der Waals surface area (Å²) in [7, 11) is 2.85. The molecule has 0 spiro atoms. The van der Waals surface area contributed by atoms with Crippen molar-refractivity contribution in [2.75, 3.05) is 19.6 Å². The van der Waals surface area contributed by atoms with Crippen LogP contribution in [0.5, 0.6) is 0 Å². The lowest BCUT2D eigenvalue weighted by atomic mass is 10.1. The van der Waals surface area contributed by atoms with E-state index in [4.69, 9.17) is 21.6 Å². The first-order chi connectivity index (χ1) is 7.10. The van der Waals surface area contributed by atoms with E-state index in [1.54, 1.807) is 6.07 Å². The van der Waals surface area contributed by atoms with Crippen LogP contribution in [0.4, 0.5) is 5.69 Å². The minimum atomic E-state index is -0.384. The van der Waals surface area contributed by atoms with Gasteiger partial charge in [-0.1, -0.05) is 11.6 Å². The highest BCUT2D eigenvalue weighted by Crippen LogP contribution is 2.21. The average Bonchev–Trinajstić information content (AvgIpc) is 2.26. The molecule has 0 aliphatic rings. The first-order valence-corrected chi connectivity index (χ1v) is 4.49. The lowest BCUT2D eigenvalue weighted by molar-refractivity contribution is -0.0756. The predicted molar refractivity (Wildman–Crippen MR) is 56.0 cm³/mol. The lowest BCUT2D eigenvalue weighted by Gasteiger charge is -2.15. The zero-order chi connectivity index (χ0) is 11.4. The molecule has 82 valence electrons. The highest BCUT2D eigenvalue weighted by molar-refractivity contribution is 6.31. The minimum Gasteiger partial charge on any atom is -0.291 e. The van der Waals surface area contributed by atoms with Crippen molar-refractivity contribution >= 4 is 23.2 Å². The van der Waals surface area contributed by atoms with E-state index in [2.05, 4.69) is 0 Å². The summed E-state index contributed by atoms with van der Waals surface area (Å²) in [6, 6.07) is 4.50. The van der Waals surface area contributed by atoms with Gasteiger partial charge in [0.25, 0.3) is 5.91 Å². The van der Waals surface area contributed by atoms with Gasteiger partial charge in [-0.05, 0) is 18.2 Å². The summed E-state index contributed by atoms with van der Waals surface area (Å²) in [6.07, 6.45) is 0. The van der Waals surface area contributed by atoms with Gasteiger partial charge in [-0.3, -0.25) is 20.3 Å². The molecule has 0 aliphatic carbocycles. The molecule has 0 unspecified atom stereocenters. The van der Waals surface area contributed by atoms with Crippen molar-refractivity contribution in [2.45, 2.75) is 0 Å². The summed E-state index contributed by atoms with van der Waals surface area (Å²) >= 11 is 5.71. The van der Waals surface area contributed by atoms with Gasteiger partial charge in [0.15, 0.2) is 0 Å². The Bertz CT molecular complexity index is 370. The highest BCUT2D eigenvalue weighted by atomic mass is 35.5. The van der Waals surface area contributed by atoms with Gasteiger partial charge in [0.2, 0.25) is 0 Å². The van der Waals surface area contributed by atoms with E-state index >= 15 is 0 Å². The van der Waals surface area contributed by atoms with Gasteiger partial charge in [0.05, 0.1) is 18.4 Å². The number of nitrogens with zero attached hydrogens (tertiary/aromatic N) is 1. The molecule has 0 heterocycles. The number of carbonyl (C=O) groups is 1. The number of amides is 1. The third-order valence-corrected chi connectivity index (χ3v) is 2.13. The maximum Gasteiger partial charge on any atom is 0.279 e. The molecule has 0 radical (unpaired) electrons. The number of rotatable bonds is 3. The number of hydrogen-bond acceptors (Lipinski definition) is 4. The molecular formula is C9H11ClN2O3. The standard InChI is InChI=1S/C9H11ClN2O3/c1-12(15-2)9(13)7-4-3-6(10)5-8(7)11-14/h3-5,11,14H,1-2H3. The fraction of sp³-hybridized carbons (Fsp3) is 0.222. The van der Waals surface area contributed by atoms with Crippen molar-refractivity contribution in [2.24, 2.45) is 0 Å². The predicted octanol–water partition coefficient (Wildman–Crippen LogP) is 1.77. The Morgan fingerprint density at radius 2 is 2.27 bits per heavy atom. The van der Waals surface area contributed by atoms with Gasteiger partial charge in [-0.2, -0.15) is 0 Å². The summed E-state index contributed by atoms with van der Waals surface area (Å²) in [5.74, 6) is -0.384. The van der Waals surface area contributed by atoms with E-state index in [1.807, 2.05) is 5.48 Å². The summed E-state index contributed by atoms with van der Waals surface area (Å²) in [5, 5.41) is 10.3. The van der Waals surface area contributed by atoms with Gasteiger partial charge in [-0.15, -0.1) is 0 Å². The third-order valence-electron chi connectivity index (χ3n) is 1.89. The molecule has 0 bridgehead atoms. The van der Waals surface area contributed by atoms with Gasteiger partial charge in [0.1, 0.15) is 0 Å². The minimum absolute atomic E-state index is 0.233. The summed E-state index contributed by atoms with van der Waals surface area (Å²) in [4.78, 5) is 16.4. The second-order valence-corrected chi connectivity index (χ2v) is 3.22. The molecule has 1 aromatic rings. The topological polar surface area (TPSA) is 61.8 Å². The molecule has 1 amide bonds. The monoisotopic (exact) mass is 230 g/mol. The van der Waals surface area contributed by atoms with Crippen molar-refractivity contribution in [3.8, 4) is 0 Å². The summed E-state index contributed by atoms with van der Waals surface area (Å²) in [5.41, 5.74) is 2.41. The maximum absolute atomic E-state index is 11.7. The maximum atomic E-state index is 11.7. The molecule has 2 N–H and O–H groups in total. The van der Waals surface area contributed by atoms with Crippen molar-refractivity contribution in [1.29, 1.82) is 0 Å². The molecule has 0 atom stereocenters. The Balaban J connectivity index is 3.08. The molecule has 0 aliphatic heterocycles. The van der Waals surface area contributed by atoms with E-state index in [1.165, 1.54) is 26.3 Å². The molecule has 0 saturated heterocycles. The molecule has 15 heavy (non-hydrogen) atoms. The molecule has 0 fully saturated rings. The number of benzene rings is 1. The van der Waals surface area contributed by atoms with Crippen molar-refractivity contribution in [1.82, 2.24) is 5.06 Å². The fourth-order valence-electron chi connectivity index (χ4n) is 1.05. The van der Waals surface area contributed by atoms with Crippen LogP contribution in [-0.2, 0) is 4.84 Å². The fourth-order valence-corrected chi connectivity index (χ4v) is 1.22. The Kier molecular flexibility index (Phi) is 3.90. The molecule has 1 aromatic carbocycles. The van der Waals surface area contributed by atoms with Crippen LogP contribution in [-0.4, -0.2) is 30.3 Å². The second kappa shape index (κ2) is 4.97. The van der Waals surface area contributed by atoms with E-state index in [9.17, 15) is 4.79 Å². The van der Waals surface area contributed by atoms with Crippen molar-refractivity contribution < 1.29 is 14.8 Å². The van der Waals surface area contributed by atoms with Gasteiger partial charge < -0.3 is 0 Å². The molecule has 1 rings (SSSR count).